The Balaban J connectivity index is 1.27. The number of nitrogens with one attached hydrogen (secondary N) is 1. The lowest BCUT2D eigenvalue weighted by Crippen LogP contribution is -2.49. The Kier molecular flexibility index (Phi) is 5.73. The molecule has 0 atom stereocenters. The number of likely N-dealkylation sites (N-methyl/N-ethyl adjacent to an activating group) is 1. The average Bonchev–Trinajstić information content (AvgIpc) is 2.65. The van der Waals surface area contributed by atoms with E-state index in [1.54, 1.807) is 11.9 Å². The maximum Gasteiger partial charge on any atom is 0.243 e. The van der Waals surface area contributed by atoms with Gasteiger partial charge in [0.05, 0.1) is 12.3 Å². The second-order valence-corrected chi connectivity index (χ2v) is 10.6. The van der Waals surface area contributed by atoms with Gasteiger partial charge in [0.25, 0.3) is 0 Å². The summed E-state index contributed by atoms with van der Waals surface area (Å²) in [4.78, 5) is 26.7. The number of carbonyl (C=O) groups excluding carboxylic acids is 2. The van der Waals surface area contributed by atoms with Crippen LogP contribution in [-0.2, 0) is 16.0 Å². The first kappa shape index (κ1) is 19.8. The molecule has 0 radical (unpaired) electrons. The average molecular weight is 401 g/mol. The van der Waals surface area contributed by atoms with Crippen LogP contribution >= 0.6 is 11.8 Å². The minimum Gasteiger partial charge on any atom is -0.336 e. The third kappa shape index (κ3) is 4.24. The summed E-state index contributed by atoms with van der Waals surface area (Å²) in [5.41, 5.74) is 1.96. The highest BCUT2D eigenvalue weighted by Gasteiger charge is 2.51. The summed E-state index contributed by atoms with van der Waals surface area (Å²) in [7, 11) is 1.74. The highest BCUT2D eigenvalue weighted by Crippen LogP contribution is 2.60. The fraction of sp³-hybridized carbons (Fsp3) is 0.652. The molecule has 0 aromatic heterocycles. The summed E-state index contributed by atoms with van der Waals surface area (Å²) < 4.78 is 0.341. The molecular formula is C23H32N2O2S. The zero-order valence-electron chi connectivity index (χ0n) is 17.1. The van der Waals surface area contributed by atoms with E-state index in [4.69, 9.17) is 0 Å². The number of amides is 2. The summed E-state index contributed by atoms with van der Waals surface area (Å²) in [6, 6.07) is 7.84. The number of aryl methyl sites for hydroxylation is 1. The predicted octanol–water partition coefficient (Wildman–Crippen LogP) is 4.35. The molecule has 5 rings (SSSR count). The van der Waals surface area contributed by atoms with Gasteiger partial charge in [-0.15, -0.1) is 11.8 Å². The van der Waals surface area contributed by atoms with E-state index in [-0.39, 0.29) is 18.4 Å². The molecule has 4 aliphatic rings. The first-order chi connectivity index (χ1) is 13.5. The molecule has 0 saturated heterocycles. The third-order valence-corrected chi connectivity index (χ3v) is 8.47. The van der Waals surface area contributed by atoms with Crippen LogP contribution in [0, 0.1) is 17.8 Å². The van der Waals surface area contributed by atoms with Crippen molar-refractivity contribution < 1.29 is 9.59 Å². The molecule has 0 heterocycles. The molecule has 4 saturated carbocycles. The molecule has 4 aliphatic carbocycles. The number of para-hydroxylation sites is 1. The van der Waals surface area contributed by atoms with Crippen molar-refractivity contribution in [3.8, 4) is 0 Å². The summed E-state index contributed by atoms with van der Waals surface area (Å²) in [5.74, 6) is 3.14. The fourth-order valence-electron chi connectivity index (χ4n) is 5.98. The standard InChI is InChI=1S/C23H32N2O2S/c1-3-19-6-4-5-7-20(19)24-21(26)14-25(2)22(27)15-28-23-11-16-8-17(12-23)10-18(9-16)13-23/h4-7,16-18H,3,8-15H2,1-2H3,(H,24,26). The van der Waals surface area contributed by atoms with Crippen LogP contribution in [0.3, 0.4) is 0 Å². The quantitative estimate of drug-likeness (QED) is 0.740. The summed E-state index contributed by atoms with van der Waals surface area (Å²) >= 11 is 1.88. The van der Waals surface area contributed by atoms with Crippen molar-refractivity contribution in [2.45, 2.75) is 56.6 Å². The largest absolute Gasteiger partial charge is 0.336 e. The Morgan fingerprint density at radius 2 is 1.71 bits per heavy atom. The molecular weight excluding hydrogens is 368 g/mol. The second kappa shape index (κ2) is 8.10. The number of hydrogen-bond donors (Lipinski definition) is 1. The van der Waals surface area contributed by atoms with Gasteiger partial charge in [0.2, 0.25) is 11.8 Å². The lowest BCUT2D eigenvalue weighted by molar-refractivity contribution is -0.131. The highest BCUT2D eigenvalue weighted by atomic mass is 32.2. The van der Waals surface area contributed by atoms with Crippen LogP contribution in [0.1, 0.15) is 51.0 Å². The van der Waals surface area contributed by atoms with Gasteiger partial charge in [0, 0.05) is 17.5 Å². The SMILES string of the molecule is CCc1ccccc1NC(=O)CN(C)C(=O)CSC12CC3CC(CC(C3)C1)C2. The van der Waals surface area contributed by atoms with E-state index < -0.39 is 0 Å². The van der Waals surface area contributed by atoms with Crippen molar-refractivity contribution in [3.63, 3.8) is 0 Å². The van der Waals surface area contributed by atoms with E-state index in [1.165, 1.54) is 38.5 Å². The van der Waals surface area contributed by atoms with Gasteiger partial charge < -0.3 is 10.2 Å². The van der Waals surface area contributed by atoms with Crippen LogP contribution in [0.25, 0.3) is 0 Å². The van der Waals surface area contributed by atoms with Crippen LogP contribution in [0.15, 0.2) is 24.3 Å². The van der Waals surface area contributed by atoms with E-state index in [1.807, 2.05) is 36.0 Å². The molecule has 5 heteroatoms. The predicted molar refractivity (Wildman–Crippen MR) is 115 cm³/mol. The van der Waals surface area contributed by atoms with Gasteiger partial charge >= 0.3 is 0 Å². The van der Waals surface area contributed by atoms with Gasteiger partial charge in [-0.1, -0.05) is 25.1 Å². The maximum atomic E-state index is 12.7. The fourth-order valence-corrected chi connectivity index (χ4v) is 7.69. The summed E-state index contributed by atoms with van der Waals surface area (Å²) in [6.45, 7) is 2.18. The normalized spacial score (nSPS) is 30.3. The van der Waals surface area contributed by atoms with Gasteiger partial charge in [0.15, 0.2) is 0 Å². The van der Waals surface area contributed by atoms with Crippen molar-refractivity contribution in [3.05, 3.63) is 29.8 Å². The molecule has 28 heavy (non-hydrogen) atoms. The minimum atomic E-state index is -0.128. The van der Waals surface area contributed by atoms with Crippen molar-refractivity contribution in [2.24, 2.45) is 17.8 Å². The molecule has 4 nitrogen and oxygen atoms in total. The Morgan fingerprint density at radius 3 is 2.32 bits per heavy atom. The summed E-state index contributed by atoms with van der Waals surface area (Å²) in [6.07, 6.45) is 9.04. The number of nitrogens with zero attached hydrogens (tertiary/aromatic N) is 1. The van der Waals surface area contributed by atoms with Crippen LogP contribution in [-0.4, -0.2) is 40.8 Å². The van der Waals surface area contributed by atoms with E-state index in [0.29, 0.717) is 10.5 Å². The van der Waals surface area contributed by atoms with E-state index in [2.05, 4.69) is 12.2 Å². The summed E-state index contributed by atoms with van der Waals surface area (Å²) in [5, 5.41) is 2.96. The highest BCUT2D eigenvalue weighted by molar-refractivity contribution is 8.01. The van der Waals surface area contributed by atoms with Gasteiger partial charge in [-0.25, -0.2) is 0 Å². The van der Waals surface area contributed by atoms with E-state index in [0.717, 1.165) is 35.4 Å². The van der Waals surface area contributed by atoms with Gasteiger partial charge in [-0.2, -0.15) is 0 Å². The molecule has 0 aliphatic heterocycles. The van der Waals surface area contributed by atoms with Crippen LogP contribution in [0.5, 0.6) is 0 Å². The third-order valence-electron chi connectivity index (χ3n) is 6.96. The smallest absolute Gasteiger partial charge is 0.243 e. The molecule has 0 unspecified atom stereocenters. The van der Waals surface area contributed by atoms with Crippen molar-refractivity contribution >= 4 is 29.3 Å². The van der Waals surface area contributed by atoms with Crippen molar-refractivity contribution in [2.75, 3.05) is 24.7 Å². The molecule has 4 bridgehead atoms. The molecule has 0 spiro atoms. The lowest BCUT2D eigenvalue weighted by atomic mass is 9.56. The Bertz CT molecular complexity index is 713. The number of thioether (sulfide) groups is 1. The van der Waals surface area contributed by atoms with Crippen LogP contribution < -0.4 is 5.32 Å². The van der Waals surface area contributed by atoms with Crippen LogP contribution in [0.4, 0.5) is 5.69 Å². The van der Waals surface area contributed by atoms with Gasteiger partial charge in [-0.3, -0.25) is 9.59 Å². The first-order valence-corrected chi connectivity index (χ1v) is 11.7. The monoisotopic (exact) mass is 400 g/mol. The molecule has 2 amide bonds. The zero-order valence-corrected chi connectivity index (χ0v) is 17.9. The number of benzene rings is 1. The number of anilines is 1. The van der Waals surface area contributed by atoms with Crippen LogP contribution in [0.2, 0.25) is 0 Å². The Hall–Kier alpha value is -1.49. The first-order valence-electron chi connectivity index (χ1n) is 10.7. The van der Waals surface area contributed by atoms with Gasteiger partial charge in [0.1, 0.15) is 0 Å². The molecule has 1 N–H and O–H groups in total. The molecule has 1 aromatic carbocycles. The maximum absolute atomic E-state index is 12.7. The Labute approximate surface area is 172 Å². The topological polar surface area (TPSA) is 49.4 Å². The zero-order chi connectivity index (χ0) is 19.7. The lowest BCUT2D eigenvalue weighted by Gasteiger charge is -2.56. The molecule has 152 valence electrons. The Morgan fingerprint density at radius 1 is 1.11 bits per heavy atom. The number of carbonyl (C=O) groups is 2. The van der Waals surface area contributed by atoms with Crippen molar-refractivity contribution in [1.29, 1.82) is 0 Å². The minimum absolute atomic E-state index is 0.0691. The number of hydrogen-bond acceptors (Lipinski definition) is 3. The molecule has 4 fully saturated rings. The van der Waals surface area contributed by atoms with Gasteiger partial charge in [-0.05, 0) is 74.3 Å². The van der Waals surface area contributed by atoms with Crippen molar-refractivity contribution in [1.82, 2.24) is 4.90 Å². The van der Waals surface area contributed by atoms with E-state index in [9.17, 15) is 9.59 Å². The second-order valence-electron chi connectivity index (χ2n) is 9.20. The number of rotatable bonds is 7. The van der Waals surface area contributed by atoms with E-state index >= 15 is 0 Å². The molecule has 1 aromatic rings.